The maximum absolute atomic E-state index is 12.3. The van der Waals surface area contributed by atoms with E-state index in [9.17, 15) is 29.1 Å². The molecule has 3 atom stereocenters. The van der Waals surface area contributed by atoms with Crippen molar-refractivity contribution in [3.63, 3.8) is 0 Å². The van der Waals surface area contributed by atoms with Crippen molar-refractivity contribution < 1.29 is 39.3 Å². The molecule has 1 rings (SSSR count). The zero-order chi connectivity index (χ0) is 21.3. The zero-order valence-electron chi connectivity index (χ0n) is 14.7. The standard InChI is InChI=1S/C17H21N3O8/c18-10(16(25)26)7-13(21)19-11(8-14(22)23)15(24)20-12(17(27)28)6-9-4-2-1-3-5-9/h1-5,10-12H,6-8,18H2,(H,19,21)(H,20,24)(H,22,23)(H,25,26)(H,27,28)/t10-,11-,12-/m0/s1. The highest BCUT2D eigenvalue weighted by Gasteiger charge is 2.29. The molecule has 152 valence electrons. The van der Waals surface area contributed by atoms with Crippen molar-refractivity contribution in [3.8, 4) is 0 Å². The number of carbonyl (C=O) groups excluding carboxylic acids is 2. The number of carboxylic acids is 3. The Bertz CT molecular complexity index is 737. The second-order valence-corrected chi connectivity index (χ2v) is 5.96. The van der Waals surface area contributed by atoms with Gasteiger partial charge in [0, 0.05) is 6.42 Å². The van der Waals surface area contributed by atoms with Crippen LogP contribution in [0.25, 0.3) is 0 Å². The van der Waals surface area contributed by atoms with E-state index in [1.54, 1.807) is 30.3 Å². The number of benzene rings is 1. The molecule has 11 nitrogen and oxygen atoms in total. The van der Waals surface area contributed by atoms with Gasteiger partial charge in [-0.15, -0.1) is 0 Å². The van der Waals surface area contributed by atoms with Gasteiger partial charge in [-0.3, -0.25) is 19.2 Å². The molecule has 0 aliphatic heterocycles. The van der Waals surface area contributed by atoms with Crippen LogP contribution < -0.4 is 16.4 Å². The summed E-state index contributed by atoms with van der Waals surface area (Å²) in [6.07, 6.45) is -1.55. The van der Waals surface area contributed by atoms with E-state index in [1.807, 2.05) is 0 Å². The van der Waals surface area contributed by atoms with Gasteiger partial charge in [-0.05, 0) is 5.56 Å². The molecule has 1 aromatic carbocycles. The van der Waals surface area contributed by atoms with Crippen LogP contribution in [0.3, 0.4) is 0 Å². The zero-order valence-corrected chi connectivity index (χ0v) is 14.7. The maximum atomic E-state index is 12.3. The predicted molar refractivity (Wildman–Crippen MR) is 94.1 cm³/mol. The number of rotatable bonds is 11. The van der Waals surface area contributed by atoms with E-state index in [0.29, 0.717) is 5.56 Å². The Morgan fingerprint density at radius 3 is 1.96 bits per heavy atom. The minimum Gasteiger partial charge on any atom is -0.481 e. The third-order valence-electron chi connectivity index (χ3n) is 3.65. The number of nitrogens with two attached hydrogens (primary N) is 1. The lowest BCUT2D eigenvalue weighted by molar-refractivity contribution is -0.144. The van der Waals surface area contributed by atoms with Gasteiger partial charge >= 0.3 is 17.9 Å². The largest absolute Gasteiger partial charge is 0.481 e. The Morgan fingerprint density at radius 2 is 1.46 bits per heavy atom. The van der Waals surface area contributed by atoms with Crippen LogP contribution in [0.5, 0.6) is 0 Å². The topological polar surface area (TPSA) is 196 Å². The normalized spacial score (nSPS) is 13.6. The highest BCUT2D eigenvalue weighted by Crippen LogP contribution is 2.05. The monoisotopic (exact) mass is 395 g/mol. The van der Waals surface area contributed by atoms with E-state index in [0.717, 1.165) is 0 Å². The summed E-state index contributed by atoms with van der Waals surface area (Å²) in [5.74, 6) is -6.18. The molecule has 0 saturated carbocycles. The molecule has 0 saturated heterocycles. The molecule has 0 unspecified atom stereocenters. The Morgan fingerprint density at radius 1 is 0.857 bits per heavy atom. The van der Waals surface area contributed by atoms with E-state index in [2.05, 4.69) is 10.6 Å². The quantitative estimate of drug-likeness (QED) is 0.260. The average Bonchev–Trinajstić information content (AvgIpc) is 2.60. The van der Waals surface area contributed by atoms with Crippen LogP contribution in [0.15, 0.2) is 30.3 Å². The van der Waals surface area contributed by atoms with Crippen molar-refractivity contribution in [1.29, 1.82) is 0 Å². The van der Waals surface area contributed by atoms with Crippen LogP contribution in [-0.4, -0.2) is 63.2 Å². The number of aliphatic carboxylic acids is 3. The van der Waals surface area contributed by atoms with Gasteiger partial charge in [0.25, 0.3) is 0 Å². The second kappa shape index (κ2) is 10.6. The van der Waals surface area contributed by atoms with Gasteiger partial charge in [0.1, 0.15) is 18.1 Å². The third kappa shape index (κ3) is 7.83. The highest BCUT2D eigenvalue weighted by molar-refractivity contribution is 5.93. The summed E-state index contributed by atoms with van der Waals surface area (Å²) >= 11 is 0. The summed E-state index contributed by atoms with van der Waals surface area (Å²) in [5, 5.41) is 31.2. The van der Waals surface area contributed by atoms with E-state index in [-0.39, 0.29) is 6.42 Å². The van der Waals surface area contributed by atoms with Crippen molar-refractivity contribution in [3.05, 3.63) is 35.9 Å². The van der Waals surface area contributed by atoms with Crippen LogP contribution in [0.2, 0.25) is 0 Å². The molecule has 2 amide bonds. The van der Waals surface area contributed by atoms with E-state index in [1.165, 1.54) is 0 Å². The molecule has 28 heavy (non-hydrogen) atoms. The van der Waals surface area contributed by atoms with Gasteiger partial charge in [-0.25, -0.2) is 4.79 Å². The van der Waals surface area contributed by atoms with Crippen molar-refractivity contribution >= 4 is 29.7 Å². The molecule has 0 aliphatic carbocycles. The smallest absolute Gasteiger partial charge is 0.326 e. The van der Waals surface area contributed by atoms with Crippen molar-refractivity contribution in [2.24, 2.45) is 5.73 Å². The van der Waals surface area contributed by atoms with Crippen molar-refractivity contribution in [2.45, 2.75) is 37.4 Å². The number of carbonyl (C=O) groups is 5. The maximum Gasteiger partial charge on any atom is 0.326 e. The van der Waals surface area contributed by atoms with Crippen LogP contribution in [0.4, 0.5) is 0 Å². The van der Waals surface area contributed by atoms with Gasteiger partial charge in [0.05, 0.1) is 12.8 Å². The number of carboxylic acid groups (broad SMARTS) is 3. The highest BCUT2D eigenvalue weighted by atomic mass is 16.4. The van der Waals surface area contributed by atoms with E-state index < -0.39 is 60.7 Å². The fourth-order valence-corrected chi connectivity index (χ4v) is 2.25. The summed E-state index contributed by atoms with van der Waals surface area (Å²) in [6.45, 7) is 0. The van der Waals surface area contributed by atoms with Crippen molar-refractivity contribution in [1.82, 2.24) is 10.6 Å². The molecule has 0 radical (unpaired) electrons. The number of amides is 2. The molecule has 7 N–H and O–H groups in total. The van der Waals surface area contributed by atoms with Gasteiger partial charge in [-0.2, -0.15) is 0 Å². The minimum absolute atomic E-state index is 0.0560. The van der Waals surface area contributed by atoms with Gasteiger partial charge < -0.3 is 31.7 Å². The Hall–Kier alpha value is -3.47. The first kappa shape index (κ1) is 22.6. The molecular weight excluding hydrogens is 374 g/mol. The average molecular weight is 395 g/mol. The molecule has 1 aromatic rings. The van der Waals surface area contributed by atoms with Gasteiger partial charge in [0.15, 0.2) is 0 Å². The second-order valence-electron chi connectivity index (χ2n) is 5.96. The molecule has 0 bridgehead atoms. The molecule has 0 fully saturated rings. The molecule has 0 heterocycles. The molecule has 0 aromatic heterocycles. The third-order valence-corrected chi connectivity index (χ3v) is 3.65. The van der Waals surface area contributed by atoms with Crippen molar-refractivity contribution in [2.75, 3.05) is 0 Å². The lowest BCUT2D eigenvalue weighted by Gasteiger charge is -2.21. The Kier molecular flexibility index (Phi) is 8.56. The van der Waals surface area contributed by atoms with Gasteiger partial charge in [0.2, 0.25) is 11.8 Å². The predicted octanol–water partition coefficient (Wildman–Crippen LogP) is -1.44. The Balaban J connectivity index is 2.83. The minimum atomic E-state index is -1.59. The first-order chi connectivity index (χ1) is 13.1. The van der Waals surface area contributed by atoms with E-state index in [4.69, 9.17) is 15.9 Å². The lowest BCUT2D eigenvalue weighted by atomic mass is 10.0. The molecular formula is C17H21N3O8. The summed E-state index contributed by atoms with van der Waals surface area (Å²) in [4.78, 5) is 57.2. The molecule has 0 aliphatic rings. The molecule has 0 spiro atoms. The van der Waals surface area contributed by atoms with Gasteiger partial charge in [-0.1, -0.05) is 30.3 Å². The lowest BCUT2D eigenvalue weighted by Crippen LogP contribution is -2.53. The SMILES string of the molecule is N[C@@H](CC(=O)N[C@@H](CC(=O)O)C(=O)N[C@@H](Cc1ccccc1)C(=O)O)C(=O)O. The first-order valence-corrected chi connectivity index (χ1v) is 8.16. The summed E-state index contributed by atoms with van der Waals surface area (Å²) in [5.41, 5.74) is 5.85. The summed E-state index contributed by atoms with van der Waals surface area (Å²) in [7, 11) is 0. The number of nitrogens with one attached hydrogen (secondary N) is 2. The van der Waals surface area contributed by atoms with Crippen LogP contribution in [-0.2, 0) is 30.4 Å². The first-order valence-electron chi connectivity index (χ1n) is 8.16. The van der Waals surface area contributed by atoms with Crippen LogP contribution in [0, 0.1) is 0 Å². The fraction of sp³-hybridized carbons (Fsp3) is 0.353. The number of hydrogen-bond acceptors (Lipinski definition) is 6. The van der Waals surface area contributed by atoms with E-state index >= 15 is 0 Å². The molecule has 11 heteroatoms. The van der Waals surface area contributed by atoms with Crippen LogP contribution >= 0.6 is 0 Å². The number of hydrogen-bond donors (Lipinski definition) is 6. The fourth-order valence-electron chi connectivity index (χ4n) is 2.25. The summed E-state index contributed by atoms with van der Waals surface area (Å²) in [6, 6.07) is 3.95. The summed E-state index contributed by atoms with van der Waals surface area (Å²) < 4.78 is 0. The van der Waals surface area contributed by atoms with Crippen LogP contribution in [0.1, 0.15) is 18.4 Å². The Labute approximate surface area is 159 Å².